The first-order valence-corrected chi connectivity index (χ1v) is 3.42. The summed E-state index contributed by atoms with van der Waals surface area (Å²) in [5.41, 5.74) is 5.44. The second-order valence-electron chi connectivity index (χ2n) is 1.66. The quantitative estimate of drug-likeness (QED) is 0.494. The van der Waals surface area contributed by atoms with Crippen LogP contribution in [0.3, 0.4) is 0 Å². The zero-order valence-corrected chi connectivity index (χ0v) is 6.21. The lowest BCUT2D eigenvalue weighted by Crippen LogP contribution is -1.96. The van der Waals surface area contributed by atoms with Gasteiger partial charge in [0.05, 0.1) is 0 Å². The lowest BCUT2D eigenvalue weighted by molar-refractivity contribution is 0.395. The Morgan fingerprint density at radius 2 is 2.50 bits per heavy atom. The summed E-state index contributed by atoms with van der Waals surface area (Å²) in [5, 5.41) is 0. The fourth-order valence-electron chi connectivity index (χ4n) is 0.594. The summed E-state index contributed by atoms with van der Waals surface area (Å²) in [4.78, 5) is 3.82. The predicted octanol–water partition coefficient (Wildman–Crippen LogP) is 0.930. The molecule has 10 heavy (non-hydrogen) atoms. The van der Waals surface area contributed by atoms with Gasteiger partial charge in [-0.3, -0.25) is 0 Å². The Kier molecular flexibility index (Phi) is 2.39. The first kappa shape index (κ1) is 7.21. The zero-order valence-electron chi connectivity index (χ0n) is 5.32. The van der Waals surface area contributed by atoms with E-state index in [4.69, 9.17) is 10.5 Å². The number of aromatic nitrogens is 1. The van der Waals surface area contributed by atoms with Crippen molar-refractivity contribution in [3.8, 4) is 5.75 Å². The number of ether oxygens (including phenoxy) is 1. The third kappa shape index (κ3) is 1.54. The highest BCUT2D eigenvalue weighted by molar-refractivity contribution is 7.80. The first-order chi connectivity index (χ1) is 4.84. The third-order valence-electron chi connectivity index (χ3n) is 1.02. The number of nitrogen functional groups attached to an aromatic ring is 1. The Balaban J connectivity index is 2.81. The summed E-state index contributed by atoms with van der Waals surface area (Å²) in [7, 11) is 0. The number of rotatable bonds is 2. The minimum atomic E-state index is 0.315. The fraction of sp³-hybridized carbons (Fsp3) is 0.167. The van der Waals surface area contributed by atoms with Crippen LogP contribution in [-0.2, 0) is 0 Å². The molecule has 1 rings (SSSR count). The van der Waals surface area contributed by atoms with Crippen LogP contribution < -0.4 is 10.5 Å². The van der Waals surface area contributed by atoms with Gasteiger partial charge in [-0.2, -0.15) is 0 Å². The summed E-state index contributed by atoms with van der Waals surface area (Å²) < 4.78 is 5.01. The summed E-state index contributed by atoms with van der Waals surface area (Å²) in [6.45, 7) is 0. The third-order valence-corrected chi connectivity index (χ3v) is 1.15. The van der Waals surface area contributed by atoms with Crippen molar-refractivity contribution in [2.75, 3.05) is 11.7 Å². The Bertz CT molecular complexity index is 217. The smallest absolute Gasteiger partial charge is 0.166 e. The molecule has 0 bridgehead atoms. The Labute approximate surface area is 64.6 Å². The lowest BCUT2D eigenvalue weighted by Gasteiger charge is -2.02. The summed E-state index contributed by atoms with van der Waals surface area (Å²) in [6, 6.07) is 3.51. The van der Waals surface area contributed by atoms with Crippen LogP contribution in [-0.4, -0.2) is 10.9 Å². The molecule has 0 aliphatic carbocycles. The van der Waals surface area contributed by atoms with E-state index >= 15 is 0 Å². The minimum absolute atomic E-state index is 0.315. The fourth-order valence-corrected chi connectivity index (χ4v) is 0.733. The van der Waals surface area contributed by atoms with Gasteiger partial charge >= 0.3 is 0 Å². The largest absolute Gasteiger partial charge is 0.479 e. The van der Waals surface area contributed by atoms with Crippen LogP contribution in [0.5, 0.6) is 5.75 Å². The van der Waals surface area contributed by atoms with Gasteiger partial charge in [0.15, 0.2) is 11.6 Å². The zero-order chi connectivity index (χ0) is 7.40. The van der Waals surface area contributed by atoms with Gasteiger partial charge < -0.3 is 10.5 Å². The van der Waals surface area contributed by atoms with Crippen molar-refractivity contribution in [1.82, 2.24) is 4.98 Å². The second-order valence-corrected chi connectivity index (χ2v) is 1.92. The van der Waals surface area contributed by atoms with Crippen molar-refractivity contribution in [2.24, 2.45) is 0 Å². The average molecular weight is 156 g/mol. The second kappa shape index (κ2) is 3.31. The highest BCUT2D eigenvalue weighted by Crippen LogP contribution is 2.16. The molecule has 0 aliphatic heterocycles. The molecule has 4 heteroatoms. The van der Waals surface area contributed by atoms with Gasteiger partial charge in [-0.25, -0.2) is 4.98 Å². The summed E-state index contributed by atoms with van der Waals surface area (Å²) in [5.74, 6) is 1.30. The molecule has 0 saturated heterocycles. The van der Waals surface area contributed by atoms with Crippen molar-refractivity contribution in [3.05, 3.63) is 18.3 Å². The Morgan fingerprint density at radius 1 is 1.70 bits per heavy atom. The van der Waals surface area contributed by atoms with E-state index < -0.39 is 0 Å². The van der Waals surface area contributed by atoms with E-state index in [1.165, 1.54) is 0 Å². The van der Waals surface area contributed by atoms with Crippen LogP contribution >= 0.6 is 12.6 Å². The number of hydrogen-bond acceptors (Lipinski definition) is 4. The maximum atomic E-state index is 5.44. The van der Waals surface area contributed by atoms with Crippen LogP contribution in [0.1, 0.15) is 0 Å². The molecule has 0 amide bonds. The normalized spacial score (nSPS) is 9.30. The van der Waals surface area contributed by atoms with Gasteiger partial charge in [-0.15, -0.1) is 12.6 Å². The molecular formula is C6H8N2OS. The van der Waals surface area contributed by atoms with E-state index in [1.807, 2.05) is 0 Å². The van der Waals surface area contributed by atoms with Crippen molar-refractivity contribution >= 4 is 18.4 Å². The molecule has 1 aromatic rings. The van der Waals surface area contributed by atoms with E-state index in [2.05, 4.69) is 17.6 Å². The first-order valence-electron chi connectivity index (χ1n) is 2.78. The molecule has 1 heterocycles. The summed E-state index contributed by atoms with van der Waals surface area (Å²) >= 11 is 3.87. The molecule has 0 saturated carbocycles. The van der Waals surface area contributed by atoms with Gasteiger partial charge in [0.1, 0.15) is 5.94 Å². The van der Waals surface area contributed by atoms with E-state index in [0.29, 0.717) is 17.5 Å². The van der Waals surface area contributed by atoms with E-state index in [1.54, 1.807) is 18.3 Å². The van der Waals surface area contributed by atoms with Crippen LogP contribution in [0.15, 0.2) is 18.3 Å². The van der Waals surface area contributed by atoms with E-state index in [0.717, 1.165) is 0 Å². The lowest BCUT2D eigenvalue weighted by atomic mass is 10.4. The van der Waals surface area contributed by atoms with Gasteiger partial charge in [-0.1, -0.05) is 0 Å². The molecule has 3 nitrogen and oxygen atoms in total. The molecule has 0 unspecified atom stereocenters. The SMILES string of the molecule is Nc1ncccc1OCS. The molecule has 54 valence electrons. The molecule has 1 aromatic heterocycles. The van der Waals surface area contributed by atoms with Gasteiger partial charge in [0.2, 0.25) is 0 Å². The molecule has 0 aromatic carbocycles. The number of nitrogens with zero attached hydrogens (tertiary/aromatic N) is 1. The van der Waals surface area contributed by atoms with Crippen molar-refractivity contribution in [2.45, 2.75) is 0 Å². The number of thiol groups is 1. The monoisotopic (exact) mass is 156 g/mol. The minimum Gasteiger partial charge on any atom is -0.479 e. The standard InChI is InChI=1S/C6H8N2OS/c7-6-5(9-4-10)2-1-3-8-6/h1-3,10H,4H2,(H2,7,8). The number of nitrogens with two attached hydrogens (primary N) is 1. The topological polar surface area (TPSA) is 48.1 Å². The Hall–Kier alpha value is -0.900. The molecule has 2 N–H and O–H groups in total. The molecule has 0 aliphatic rings. The molecule has 0 atom stereocenters. The van der Waals surface area contributed by atoms with Gasteiger partial charge in [-0.05, 0) is 12.1 Å². The van der Waals surface area contributed by atoms with Crippen LogP contribution in [0, 0.1) is 0 Å². The maximum absolute atomic E-state index is 5.44. The van der Waals surface area contributed by atoms with Gasteiger partial charge in [0.25, 0.3) is 0 Å². The maximum Gasteiger partial charge on any atom is 0.166 e. The average Bonchev–Trinajstić information content (AvgIpc) is 1.94. The summed E-state index contributed by atoms with van der Waals surface area (Å²) in [6.07, 6.45) is 1.61. The number of hydrogen-bond donors (Lipinski definition) is 2. The highest BCUT2D eigenvalue weighted by atomic mass is 32.1. The van der Waals surface area contributed by atoms with Crippen molar-refractivity contribution in [1.29, 1.82) is 0 Å². The molecule has 0 spiro atoms. The molecule has 0 radical (unpaired) electrons. The van der Waals surface area contributed by atoms with E-state index in [-0.39, 0.29) is 0 Å². The highest BCUT2D eigenvalue weighted by Gasteiger charge is 1.95. The van der Waals surface area contributed by atoms with Crippen molar-refractivity contribution in [3.63, 3.8) is 0 Å². The van der Waals surface area contributed by atoms with Crippen LogP contribution in [0.25, 0.3) is 0 Å². The predicted molar refractivity (Wildman–Crippen MR) is 43.1 cm³/mol. The number of anilines is 1. The number of pyridine rings is 1. The van der Waals surface area contributed by atoms with Crippen LogP contribution in [0.2, 0.25) is 0 Å². The van der Waals surface area contributed by atoms with Crippen molar-refractivity contribution < 1.29 is 4.74 Å². The van der Waals surface area contributed by atoms with E-state index in [9.17, 15) is 0 Å². The molecule has 0 fully saturated rings. The Morgan fingerprint density at radius 3 is 3.10 bits per heavy atom. The van der Waals surface area contributed by atoms with Gasteiger partial charge in [0, 0.05) is 6.20 Å². The molecular weight excluding hydrogens is 148 g/mol. The van der Waals surface area contributed by atoms with Crippen LogP contribution in [0.4, 0.5) is 5.82 Å².